The highest BCUT2D eigenvalue weighted by molar-refractivity contribution is 5.98. The molecular weight excluding hydrogens is 308 g/mol. The molecule has 1 heterocycles. The van der Waals surface area contributed by atoms with Crippen LogP contribution < -0.4 is 16.0 Å². The number of hydrogen-bond acceptors (Lipinski definition) is 3. The molecule has 4 amide bonds. The zero-order chi connectivity index (χ0) is 16.6. The maximum atomic E-state index is 13.9. The lowest BCUT2D eigenvalue weighted by atomic mass is 10.0. The normalized spacial score (nSPS) is 22.6. The second kappa shape index (κ2) is 5.60. The molecule has 2 fully saturated rings. The first kappa shape index (κ1) is 15.4. The molecule has 1 aliphatic carbocycles. The molecule has 3 N–H and O–H groups in total. The predicted molar refractivity (Wildman–Crippen MR) is 75.1 cm³/mol. The minimum Gasteiger partial charge on any atom is -0.345 e. The van der Waals surface area contributed by atoms with Gasteiger partial charge in [0.25, 0.3) is 0 Å². The van der Waals surface area contributed by atoms with E-state index >= 15 is 0 Å². The van der Waals surface area contributed by atoms with Gasteiger partial charge < -0.3 is 10.6 Å². The van der Waals surface area contributed by atoms with E-state index in [-0.39, 0.29) is 18.4 Å². The summed E-state index contributed by atoms with van der Waals surface area (Å²) in [6, 6.07) is 1.47. The highest BCUT2D eigenvalue weighted by atomic mass is 19.1. The Bertz CT molecular complexity index is 689. The van der Waals surface area contributed by atoms with E-state index in [1.807, 2.05) is 0 Å². The number of carbonyl (C=O) groups excluding carboxylic acids is 3. The first-order valence-electron chi connectivity index (χ1n) is 7.27. The molecular formula is C15H15F2N3O3. The van der Waals surface area contributed by atoms with Gasteiger partial charge in [0.15, 0.2) is 0 Å². The summed E-state index contributed by atoms with van der Waals surface area (Å²) in [5.74, 6) is -2.16. The van der Waals surface area contributed by atoms with Crippen LogP contribution >= 0.6 is 0 Å². The molecule has 0 bridgehead atoms. The zero-order valence-corrected chi connectivity index (χ0v) is 12.1. The summed E-state index contributed by atoms with van der Waals surface area (Å²) in [6.45, 7) is 0. The van der Waals surface area contributed by atoms with Crippen LogP contribution in [0.5, 0.6) is 0 Å². The van der Waals surface area contributed by atoms with E-state index in [9.17, 15) is 23.2 Å². The minimum atomic E-state index is -0.947. The van der Waals surface area contributed by atoms with Gasteiger partial charge in [0.1, 0.15) is 17.7 Å². The highest BCUT2D eigenvalue weighted by Crippen LogP contribution is 2.46. The molecule has 23 heavy (non-hydrogen) atoms. The van der Waals surface area contributed by atoms with Crippen molar-refractivity contribution in [2.75, 3.05) is 0 Å². The van der Waals surface area contributed by atoms with Gasteiger partial charge in [0, 0.05) is 12.0 Å². The number of imide groups is 1. The van der Waals surface area contributed by atoms with Crippen LogP contribution in [-0.4, -0.2) is 23.9 Å². The van der Waals surface area contributed by atoms with Gasteiger partial charge in [-0.3, -0.25) is 14.9 Å². The molecule has 1 saturated heterocycles. The van der Waals surface area contributed by atoms with Crippen molar-refractivity contribution in [2.45, 2.75) is 37.3 Å². The summed E-state index contributed by atoms with van der Waals surface area (Å²) in [4.78, 5) is 35.0. The predicted octanol–water partition coefficient (Wildman–Crippen LogP) is 1.06. The number of nitrogens with one attached hydrogen (secondary N) is 3. The van der Waals surface area contributed by atoms with E-state index in [1.165, 1.54) is 0 Å². The molecule has 1 atom stereocenters. The molecule has 1 aromatic rings. The van der Waals surface area contributed by atoms with E-state index < -0.39 is 41.1 Å². The number of hydrogen-bond donors (Lipinski definition) is 3. The van der Waals surface area contributed by atoms with Crippen molar-refractivity contribution in [2.24, 2.45) is 0 Å². The number of benzene rings is 1. The van der Waals surface area contributed by atoms with Crippen molar-refractivity contribution in [1.29, 1.82) is 0 Å². The average Bonchev–Trinajstić information content (AvgIpc) is 3.27. The quantitative estimate of drug-likeness (QED) is 0.777. The van der Waals surface area contributed by atoms with Gasteiger partial charge in [-0.05, 0) is 37.5 Å². The van der Waals surface area contributed by atoms with Crippen molar-refractivity contribution in [3.8, 4) is 0 Å². The fraction of sp³-hybridized carbons (Fsp3) is 0.400. The third-order valence-corrected chi connectivity index (χ3v) is 4.09. The summed E-state index contributed by atoms with van der Waals surface area (Å²) < 4.78 is 27.3. The molecule has 1 aromatic carbocycles. The van der Waals surface area contributed by atoms with Crippen molar-refractivity contribution in [1.82, 2.24) is 16.0 Å². The Labute approximate surface area is 130 Å². The maximum absolute atomic E-state index is 13.9. The lowest BCUT2D eigenvalue weighted by Gasteiger charge is -2.22. The zero-order valence-electron chi connectivity index (χ0n) is 12.1. The van der Waals surface area contributed by atoms with Crippen LogP contribution in [0.3, 0.4) is 0 Å². The molecule has 122 valence electrons. The van der Waals surface area contributed by atoms with Crippen LogP contribution in [0.2, 0.25) is 0 Å². The van der Waals surface area contributed by atoms with Crippen LogP contribution in [0.25, 0.3) is 0 Å². The SMILES string of the molecule is O=C1CC[C@H](C(=O)NC2(c3cc(F)ccc3F)CC2)NC(=O)N1. The fourth-order valence-corrected chi connectivity index (χ4v) is 2.70. The van der Waals surface area contributed by atoms with Crippen LogP contribution in [0.15, 0.2) is 18.2 Å². The molecule has 0 radical (unpaired) electrons. The Morgan fingerprint density at radius 1 is 1.26 bits per heavy atom. The Kier molecular flexibility index (Phi) is 3.75. The van der Waals surface area contributed by atoms with Gasteiger partial charge >= 0.3 is 6.03 Å². The van der Waals surface area contributed by atoms with Crippen LogP contribution in [0, 0.1) is 11.6 Å². The molecule has 0 spiro atoms. The van der Waals surface area contributed by atoms with E-state index in [1.54, 1.807) is 0 Å². The standard InChI is InChI=1S/C15H15F2N3O3/c16-8-1-2-10(17)9(7-8)15(5-6-15)20-13(22)11-3-4-12(21)19-14(23)18-11/h1-2,7,11H,3-6H2,(H,20,22)(H2,18,19,21,23)/t11-/m1/s1. The van der Waals surface area contributed by atoms with Gasteiger partial charge in [-0.1, -0.05) is 0 Å². The second-order valence-corrected chi connectivity index (χ2v) is 5.81. The molecule has 6 nitrogen and oxygen atoms in total. The Hall–Kier alpha value is -2.51. The third-order valence-electron chi connectivity index (χ3n) is 4.09. The summed E-state index contributed by atoms with van der Waals surface area (Å²) in [6.07, 6.45) is 1.14. The third kappa shape index (κ3) is 3.15. The van der Waals surface area contributed by atoms with E-state index in [2.05, 4.69) is 16.0 Å². The second-order valence-electron chi connectivity index (χ2n) is 5.81. The highest BCUT2D eigenvalue weighted by Gasteiger charge is 2.48. The van der Waals surface area contributed by atoms with Crippen molar-refractivity contribution in [3.05, 3.63) is 35.4 Å². The van der Waals surface area contributed by atoms with Crippen LogP contribution in [0.1, 0.15) is 31.2 Å². The first-order valence-corrected chi connectivity index (χ1v) is 7.27. The number of halogens is 2. The first-order chi connectivity index (χ1) is 10.9. The summed E-state index contributed by atoms with van der Waals surface area (Å²) in [7, 11) is 0. The number of carbonyl (C=O) groups is 3. The molecule has 1 saturated carbocycles. The monoisotopic (exact) mass is 323 g/mol. The largest absolute Gasteiger partial charge is 0.345 e. The summed E-state index contributed by atoms with van der Waals surface area (Å²) >= 11 is 0. The Morgan fingerprint density at radius 3 is 2.70 bits per heavy atom. The summed E-state index contributed by atoms with van der Waals surface area (Å²) in [5, 5.41) is 7.15. The van der Waals surface area contributed by atoms with Gasteiger partial charge in [0.2, 0.25) is 11.8 Å². The fourth-order valence-electron chi connectivity index (χ4n) is 2.70. The number of amides is 4. The molecule has 2 aliphatic rings. The Morgan fingerprint density at radius 2 is 2.00 bits per heavy atom. The molecule has 3 rings (SSSR count). The van der Waals surface area contributed by atoms with Crippen molar-refractivity contribution in [3.63, 3.8) is 0 Å². The average molecular weight is 323 g/mol. The minimum absolute atomic E-state index is 0.0259. The van der Waals surface area contributed by atoms with Crippen molar-refractivity contribution < 1.29 is 23.2 Å². The van der Waals surface area contributed by atoms with Gasteiger partial charge in [-0.15, -0.1) is 0 Å². The van der Waals surface area contributed by atoms with E-state index in [0.29, 0.717) is 12.8 Å². The molecule has 8 heteroatoms. The van der Waals surface area contributed by atoms with Gasteiger partial charge in [0.05, 0.1) is 5.54 Å². The lowest BCUT2D eigenvalue weighted by molar-refractivity contribution is -0.124. The van der Waals surface area contributed by atoms with Gasteiger partial charge in [-0.2, -0.15) is 0 Å². The maximum Gasteiger partial charge on any atom is 0.322 e. The van der Waals surface area contributed by atoms with E-state index in [0.717, 1.165) is 18.2 Å². The van der Waals surface area contributed by atoms with Gasteiger partial charge in [-0.25, -0.2) is 13.6 Å². The molecule has 0 unspecified atom stereocenters. The van der Waals surface area contributed by atoms with Crippen molar-refractivity contribution >= 4 is 17.8 Å². The topological polar surface area (TPSA) is 87.3 Å². The van der Waals surface area contributed by atoms with Crippen LogP contribution in [-0.2, 0) is 15.1 Å². The number of rotatable bonds is 3. The molecule has 0 aromatic heterocycles. The molecule has 1 aliphatic heterocycles. The summed E-state index contributed by atoms with van der Waals surface area (Å²) in [5.41, 5.74) is -0.849. The lowest BCUT2D eigenvalue weighted by Crippen LogP contribution is -2.50. The smallest absolute Gasteiger partial charge is 0.322 e. The number of urea groups is 1. The Balaban J connectivity index is 1.75. The van der Waals surface area contributed by atoms with E-state index in [4.69, 9.17) is 0 Å². The van der Waals surface area contributed by atoms with Crippen LogP contribution in [0.4, 0.5) is 13.6 Å².